The summed E-state index contributed by atoms with van der Waals surface area (Å²) < 4.78 is 17.4. The summed E-state index contributed by atoms with van der Waals surface area (Å²) in [6.45, 7) is 4.82. The Bertz CT molecular complexity index is 477. The average molecular weight is 291 g/mol. The Hall–Kier alpha value is -1.26. The molecule has 116 valence electrons. The fourth-order valence-corrected chi connectivity index (χ4v) is 3.33. The van der Waals surface area contributed by atoms with Crippen LogP contribution in [0.1, 0.15) is 38.2 Å². The SMILES string of the molecule is COc1cccc(C2(C)CCCN2)c1OC1CCCOC1. The highest BCUT2D eigenvalue weighted by Crippen LogP contribution is 2.42. The molecule has 1 aromatic rings. The number of ether oxygens (including phenoxy) is 3. The maximum absolute atomic E-state index is 6.30. The van der Waals surface area contributed by atoms with Crippen molar-refractivity contribution in [3.8, 4) is 11.5 Å². The van der Waals surface area contributed by atoms with Crippen molar-refractivity contribution in [2.45, 2.75) is 44.2 Å². The van der Waals surface area contributed by atoms with Crippen molar-refractivity contribution in [1.29, 1.82) is 0 Å². The molecule has 4 nitrogen and oxygen atoms in total. The molecule has 0 amide bonds. The van der Waals surface area contributed by atoms with Gasteiger partial charge >= 0.3 is 0 Å². The van der Waals surface area contributed by atoms with Crippen molar-refractivity contribution < 1.29 is 14.2 Å². The molecule has 2 saturated heterocycles. The molecule has 2 unspecified atom stereocenters. The molecule has 1 N–H and O–H groups in total. The first-order valence-corrected chi connectivity index (χ1v) is 7.90. The molecule has 2 fully saturated rings. The predicted molar refractivity (Wildman–Crippen MR) is 82.1 cm³/mol. The second kappa shape index (κ2) is 6.24. The van der Waals surface area contributed by atoms with Gasteiger partial charge in [0.2, 0.25) is 0 Å². The quantitative estimate of drug-likeness (QED) is 0.926. The number of nitrogens with one attached hydrogen (secondary N) is 1. The number of hydrogen-bond acceptors (Lipinski definition) is 4. The lowest BCUT2D eigenvalue weighted by molar-refractivity contribution is 0.00550. The largest absolute Gasteiger partial charge is 0.493 e. The van der Waals surface area contributed by atoms with E-state index in [0.717, 1.165) is 43.9 Å². The minimum absolute atomic E-state index is 0.0284. The van der Waals surface area contributed by atoms with E-state index in [-0.39, 0.29) is 11.6 Å². The summed E-state index contributed by atoms with van der Waals surface area (Å²) in [4.78, 5) is 0. The Labute approximate surface area is 126 Å². The summed E-state index contributed by atoms with van der Waals surface area (Å²) in [5.41, 5.74) is 1.17. The Kier molecular flexibility index (Phi) is 4.36. The normalized spacial score (nSPS) is 29.3. The smallest absolute Gasteiger partial charge is 0.166 e. The van der Waals surface area contributed by atoms with Crippen LogP contribution in [0.15, 0.2) is 18.2 Å². The van der Waals surface area contributed by atoms with Crippen LogP contribution in [-0.2, 0) is 10.3 Å². The van der Waals surface area contributed by atoms with Gasteiger partial charge in [-0.05, 0) is 45.2 Å². The highest BCUT2D eigenvalue weighted by atomic mass is 16.5. The molecule has 0 radical (unpaired) electrons. The molecule has 21 heavy (non-hydrogen) atoms. The van der Waals surface area contributed by atoms with E-state index in [1.54, 1.807) is 7.11 Å². The van der Waals surface area contributed by atoms with Gasteiger partial charge in [-0.25, -0.2) is 0 Å². The maximum atomic E-state index is 6.30. The fraction of sp³-hybridized carbons (Fsp3) is 0.647. The molecule has 0 aromatic heterocycles. The third-order valence-corrected chi connectivity index (χ3v) is 4.57. The first kappa shape index (κ1) is 14.7. The van der Waals surface area contributed by atoms with Crippen LogP contribution in [0.2, 0.25) is 0 Å². The zero-order chi connectivity index (χ0) is 14.7. The Morgan fingerprint density at radius 1 is 1.33 bits per heavy atom. The van der Waals surface area contributed by atoms with Gasteiger partial charge < -0.3 is 19.5 Å². The summed E-state index contributed by atoms with van der Waals surface area (Å²) in [7, 11) is 1.70. The molecule has 2 heterocycles. The minimum Gasteiger partial charge on any atom is -0.493 e. The standard InChI is InChI=1S/C17H25NO3/c1-17(9-5-10-18-17)14-7-3-8-15(19-2)16(14)21-13-6-4-11-20-12-13/h3,7-8,13,18H,4-6,9-12H2,1-2H3. The van der Waals surface area contributed by atoms with Gasteiger partial charge in [0.1, 0.15) is 6.10 Å². The van der Waals surface area contributed by atoms with Crippen LogP contribution >= 0.6 is 0 Å². The van der Waals surface area contributed by atoms with Crippen LogP contribution in [-0.4, -0.2) is 33.0 Å². The number of para-hydroxylation sites is 1. The van der Waals surface area contributed by atoms with Crippen molar-refractivity contribution in [2.75, 3.05) is 26.9 Å². The van der Waals surface area contributed by atoms with Gasteiger partial charge in [-0.3, -0.25) is 0 Å². The lowest BCUT2D eigenvalue weighted by Crippen LogP contribution is -2.35. The van der Waals surface area contributed by atoms with Gasteiger partial charge in [0.15, 0.2) is 11.5 Å². The van der Waals surface area contributed by atoms with E-state index in [2.05, 4.69) is 18.3 Å². The van der Waals surface area contributed by atoms with Crippen LogP contribution in [0.25, 0.3) is 0 Å². The lowest BCUT2D eigenvalue weighted by atomic mass is 9.89. The van der Waals surface area contributed by atoms with E-state index >= 15 is 0 Å². The molecule has 0 aliphatic carbocycles. The van der Waals surface area contributed by atoms with E-state index in [0.29, 0.717) is 6.61 Å². The van der Waals surface area contributed by atoms with Crippen molar-refractivity contribution in [3.63, 3.8) is 0 Å². The molecule has 2 atom stereocenters. The van der Waals surface area contributed by atoms with Gasteiger partial charge in [0.25, 0.3) is 0 Å². The van der Waals surface area contributed by atoms with Crippen molar-refractivity contribution in [2.24, 2.45) is 0 Å². The lowest BCUT2D eigenvalue weighted by Gasteiger charge is -2.31. The molecule has 0 spiro atoms. The minimum atomic E-state index is -0.0284. The summed E-state index contributed by atoms with van der Waals surface area (Å²) in [5, 5.41) is 3.61. The summed E-state index contributed by atoms with van der Waals surface area (Å²) in [6, 6.07) is 6.17. The summed E-state index contributed by atoms with van der Waals surface area (Å²) in [5.74, 6) is 1.69. The van der Waals surface area contributed by atoms with Crippen molar-refractivity contribution >= 4 is 0 Å². The molecule has 2 aliphatic rings. The maximum Gasteiger partial charge on any atom is 0.166 e. The number of hydrogen-bond donors (Lipinski definition) is 1. The molecule has 4 heteroatoms. The molecule has 1 aromatic carbocycles. The zero-order valence-electron chi connectivity index (χ0n) is 13.0. The van der Waals surface area contributed by atoms with E-state index in [4.69, 9.17) is 14.2 Å². The van der Waals surface area contributed by atoms with Crippen LogP contribution in [0.5, 0.6) is 11.5 Å². The molecular weight excluding hydrogens is 266 g/mol. The van der Waals surface area contributed by atoms with Crippen molar-refractivity contribution in [3.05, 3.63) is 23.8 Å². The summed E-state index contributed by atoms with van der Waals surface area (Å²) in [6.07, 6.45) is 4.54. The fourth-order valence-electron chi connectivity index (χ4n) is 3.33. The molecule has 3 rings (SSSR count). The van der Waals surface area contributed by atoms with E-state index in [9.17, 15) is 0 Å². The van der Waals surface area contributed by atoms with Gasteiger partial charge in [0.05, 0.1) is 13.7 Å². The van der Waals surface area contributed by atoms with Crippen LogP contribution in [0, 0.1) is 0 Å². The second-order valence-electron chi connectivity index (χ2n) is 6.16. The number of benzene rings is 1. The Morgan fingerprint density at radius 3 is 2.90 bits per heavy atom. The third-order valence-electron chi connectivity index (χ3n) is 4.57. The number of methoxy groups -OCH3 is 1. The zero-order valence-corrected chi connectivity index (χ0v) is 13.0. The van der Waals surface area contributed by atoms with Gasteiger partial charge in [0, 0.05) is 17.7 Å². The predicted octanol–water partition coefficient (Wildman–Crippen LogP) is 2.85. The van der Waals surface area contributed by atoms with Crippen LogP contribution < -0.4 is 14.8 Å². The third kappa shape index (κ3) is 3.01. The number of rotatable bonds is 4. The first-order chi connectivity index (χ1) is 10.2. The molecule has 2 aliphatic heterocycles. The van der Waals surface area contributed by atoms with Crippen LogP contribution in [0.4, 0.5) is 0 Å². The average Bonchev–Trinajstić information content (AvgIpc) is 2.96. The highest BCUT2D eigenvalue weighted by Gasteiger charge is 2.34. The highest BCUT2D eigenvalue weighted by molar-refractivity contribution is 5.50. The van der Waals surface area contributed by atoms with Gasteiger partial charge in [-0.1, -0.05) is 12.1 Å². The molecule has 0 bridgehead atoms. The summed E-state index contributed by atoms with van der Waals surface area (Å²) >= 11 is 0. The van der Waals surface area contributed by atoms with E-state index in [1.807, 2.05) is 12.1 Å². The van der Waals surface area contributed by atoms with E-state index in [1.165, 1.54) is 12.0 Å². The Balaban J connectivity index is 1.91. The Morgan fingerprint density at radius 2 is 2.24 bits per heavy atom. The van der Waals surface area contributed by atoms with Crippen LogP contribution in [0.3, 0.4) is 0 Å². The van der Waals surface area contributed by atoms with E-state index < -0.39 is 0 Å². The first-order valence-electron chi connectivity index (χ1n) is 7.90. The topological polar surface area (TPSA) is 39.7 Å². The monoisotopic (exact) mass is 291 g/mol. The molecular formula is C17H25NO3. The van der Waals surface area contributed by atoms with Crippen molar-refractivity contribution in [1.82, 2.24) is 5.32 Å². The van der Waals surface area contributed by atoms with Gasteiger partial charge in [-0.2, -0.15) is 0 Å². The molecule has 0 saturated carbocycles. The second-order valence-corrected chi connectivity index (χ2v) is 6.16. The van der Waals surface area contributed by atoms with Gasteiger partial charge in [-0.15, -0.1) is 0 Å².